The molecule has 0 aliphatic heterocycles. The molecule has 3 rings (SSSR count). The van der Waals surface area contributed by atoms with E-state index in [-0.39, 0.29) is 0 Å². The third-order valence-corrected chi connectivity index (χ3v) is 3.36. The van der Waals surface area contributed by atoms with Crippen LogP contribution >= 0.6 is 0 Å². The van der Waals surface area contributed by atoms with Gasteiger partial charge in [-0.15, -0.1) is 0 Å². The van der Waals surface area contributed by atoms with Gasteiger partial charge in [-0.2, -0.15) is 0 Å². The van der Waals surface area contributed by atoms with Crippen LogP contribution in [-0.4, -0.2) is 28.3 Å². The largest absolute Gasteiger partial charge is 0.481 e. The zero-order valence-electron chi connectivity index (χ0n) is 12.4. The van der Waals surface area contributed by atoms with Crippen molar-refractivity contribution >= 4 is 12.1 Å². The van der Waals surface area contributed by atoms with E-state index in [4.69, 9.17) is 10.5 Å². The van der Waals surface area contributed by atoms with Crippen molar-refractivity contribution in [1.82, 2.24) is 15.0 Å². The van der Waals surface area contributed by atoms with Gasteiger partial charge in [-0.05, 0) is 6.07 Å². The predicted molar refractivity (Wildman–Crippen MR) is 87.1 cm³/mol. The van der Waals surface area contributed by atoms with Crippen molar-refractivity contribution in [2.24, 2.45) is 0 Å². The topological polar surface area (TPSA) is 91.0 Å². The van der Waals surface area contributed by atoms with E-state index in [1.165, 1.54) is 0 Å². The Hall–Kier alpha value is -3.28. The number of nitrogens with two attached hydrogens (primary N) is 1. The van der Waals surface area contributed by atoms with E-state index in [0.29, 0.717) is 28.6 Å². The number of anilines is 1. The molecular formula is C17H14N4O2. The summed E-state index contributed by atoms with van der Waals surface area (Å²) in [6.45, 7) is 0. The van der Waals surface area contributed by atoms with Crippen LogP contribution in [-0.2, 0) is 0 Å². The summed E-state index contributed by atoms with van der Waals surface area (Å²) in [7, 11) is 1.56. The maximum Gasteiger partial charge on any atom is 0.212 e. The number of nitrogens with zero attached hydrogens (tertiary/aromatic N) is 3. The third-order valence-electron chi connectivity index (χ3n) is 3.36. The fourth-order valence-corrected chi connectivity index (χ4v) is 2.12. The summed E-state index contributed by atoms with van der Waals surface area (Å²) in [5.41, 5.74) is 9.36. The van der Waals surface area contributed by atoms with Gasteiger partial charge in [-0.1, -0.05) is 24.3 Å². The summed E-state index contributed by atoms with van der Waals surface area (Å²) < 4.78 is 5.04. The normalized spacial score (nSPS) is 10.3. The van der Waals surface area contributed by atoms with E-state index in [0.717, 1.165) is 17.4 Å². The average Bonchev–Trinajstić information content (AvgIpc) is 2.62. The number of benzene rings is 1. The second-order valence-electron chi connectivity index (χ2n) is 4.82. The SMILES string of the molecule is COc1ccc(-c2cnc(N)c(-c3ccc(C=O)cc3)n2)cn1. The molecule has 0 aliphatic rings. The van der Waals surface area contributed by atoms with Crippen LogP contribution in [0.25, 0.3) is 22.5 Å². The molecule has 0 amide bonds. The van der Waals surface area contributed by atoms with Gasteiger partial charge in [0.1, 0.15) is 17.8 Å². The Morgan fingerprint density at radius 2 is 1.74 bits per heavy atom. The van der Waals surface area contributed by atoms with Crippen LogP contribution in [0.2, 0.25) is 0 Å². The lowest BCUT2D eigenvalue weighted by atomic mass is 10.1. The first kappa shape index (κ1) is 14.6. The average molecular weight is 306 g/mol. The summed E-state index contributed by atoms with van der Waals surface area (Å²) in [6.07, 6.45) is 4.05. The maximum atomic E-state index is 10.7. The van der Waals surface area contributed by atoms with Crippen LogP contribution < -0.4 is 10.5 Å². The second-order valence-corrected chi connectivity index (χ2v) is 4.82. The highest BCUT2D eigenvalue weighted by Gasteiger charge is 2.09. The quantitative estimate of drug-likeness (QED) is 0.745. The summed E-state index contributed by atoms with van der Waals surface area (Å²) in [5.74, 6) is 0.857. The Balaban J connectivity index is 2.02. The molecule has 1 aromatic carbocycles. The molecule has 0 fully saturated rings. The molecule has 23 heavy (non-hydrogen) atoms. The van der Waals surface area contributed by atoms with Gasteiger partial charge in [0.15, 0.2) is 0 Å². The minimum Gasteiger partial charge on any atom is -0.481 e. The summed E-state index contributed by atoms with van der Waals surface area (Å²) in [4.78, 5) is 23.7. The minimum atomic E-state index is 0.328. The van der Waals surface area contributed by atoms with Crippen molar-refractivity contribution in [3.8, 4) is 28.4 Å². The predicted octanol–water partition coefficient (Wildman–Crippen LogP) is 2.61. The van der Waals surface area contributed by atoms with Gasteiger partial charge in [-0.3, -0.25) is 4.79 Å². The Morgan fingerprint density at radius 3 is 2.35 bits per heavy atom. The van der Waals surface area contributed by atoms with Gasteiger partial charge < -0.3 is 10.5 Å². The molecule has 0 atom stereocenters. The van der Waals surface area contributed by atoms with Crippen LogP contribution in [0.1, 0.15) is 10.4 Å². The van der Waals surface area contributed by atoms with Crippen LogP contribution in [0.4, 0.5) is 5.82 Å². The molecule has 2 aromatic heterocycles. The van der Waals surface area contributed by atoms with Gasteiger partial charge in [0, 0.05) is 29.0 Å². The maximum absolute atomic E-state index is 10.7. The summed E-state index contributed by atoms with van der Waals surface area (Å²) >= 11 is 0. The number of methoxy groups -OCH3 is 1. The van der Waals surface area contributed by atoms with Crippen molar-refractivity contribution in [3.05, 3.63) is 54.4 Å². The molecule has 6 heteroatoms. The highest BCUT2D eigenvalue weighted by molar-refractivity contribution is 5.78. The van der Waals surface area contributed by atoms with Crippen LogP contribution in [0.15, 0.2) is 48.8 Å². The standard InChI is InChI=1S/C17H14N4O2/c1-23-15-7-6-13(8-19-15)14-9-20-17(18)16(21-14)12-4-2-11(10-22)3-5-12/h2-10H,1H3,(H2,18,20). The van der Waals surface area contributed by atoms with Crippen molar-refractivity contribution in [3.63, 3.8) is 0 Å². The number of aromatic nitrogens is 3. The number of aldehydes is 1. The Bertz CT molecular complexity index is 830. The van der Waals surface area contributed by atoms with Gasteiger partial charge >= 0.3 is 0 Å². The fourth-order valence-electron chi connectivity index (χ4n) is 2.12. The highest BCUT2D eigenvalue weighted by Crippen LogP contribution is 2.26. The molecule has 0 saturated heterocycles. The second kappa shape index (κ2) is 6.23. The van der Waals surface area contributed by atoms with E-state index in [2.05, 4.69) is 15.0 Å². The van der Waals surface area contributed by atoms with Crippen LogP contribution in [0, 0.1) is 0 Å². The van der Waals surface area contributed by atoms with Crippen molar-refractivity contribution in [1.29, 1.82) is 0 Å². The van der Waals surface area contributed by atoms with Crippen LogP contribution in [0.5, 0.6) is 5.88 Å². The Labute approximate surface area is 133 Å². The first-order valence-corrected chi connectivity index (χ1v) is 6.90. The molecule has 0 saturated carbocycles. The molecule has 0 aliphatic carbocycles. The number of hydrogen-bond donors (Lipinski definition) is 1. The molecule has 3 aromatic rings. The minimum absolute atomic E-state index is 0.328. The fraction of sp³-hybridized carbons (Fsp3) is 0.0588. The van der Waals surface area contributed by atoms with E-state index >= 15 is 0 Å². The molecule has 0 radical (unpaired) electrons. The Kier molecular flexibility index (Phi) is 3.97. The Morgan fingerprint density at radius 1 is 1.00 bits per heavy atom. The molecule has 114 valence electrons. The molecule has 0 unspecified atom stereocenters. The lowest BCUT2D eigenvalue weighted by Crippen LogP contribution is -1.99. The number of rotatable bonds is 4. The zero-order chi connectivity index (χ0) is 16.2. The first-order chi connectivity index (χ1) is 11.2. The van der Waals surface area contributed by atoms with E-state index in [9.17, 15) is 4.79 Å². The first-order valence-electron chi connectivity index (χ1n) is 6.90. The van der Waals surface area contributed by atoms with Crippen molar-refractivity contribution < 1.29 is 9.53 Å². The van der Waals surface area contributed by atoms with Gasteiger partial charge in [-0.25, -0.2) is 15.0 Å². The molecule has 0 bridgehead atoms. The molecule has 2 heterocycles. The summed E-state index contributed by atoms with van der Waals surface area (Å²) in [5, 5.41) is 0. The lowest BCUT2D eigenvalue weighted by Gasteiger charge is -2.08. The van der Waals surface area contributed by atoms with E-state index in [1.54, 1.807) is 49.8 Å². The number of ether oxygens (including phenoxy) is 1. The molecule has 6 nitrogen and oxygen atoms in total. The number of nitrogen functional groups attached to an aromatic ring is 1. The number of hydrogen-bond acceptors (Lipinski definition) is 6. The molecular weight excluding hydrogens is 292 g/mol. The number of pyridine rings is 1. The van der Waals surface area contributed by atoms with E-state index in [1.807, 2.05) is 6.07 Å². The molecule has 0 spiro atoms. The highest BCUT2D eigenvalue weighted by atomic mass is 16.5. The zero-order valence-corrected chi connectivity index (χ0v) is 12.4. The van der Waals surface area contributed by atoms with Gasteiger partial charge in [0.2, 0.25) is 5.88 Å². The lowest BCUT2D eigenvalue weighted by molar-refractivity contribution is 0.112. The monoisotopic (exact) mass is 306 g/mol. The van der Waals surface area contributed by atoms with Crippen LogP contribution in [0.3, 0.4) is 0 Å². The van der Waals surface area contributed by atoms with Crippen molar-refractivity contribution in [2.75, 3.05) is 12.8 Å². The van der Waals surface area contributed by atoms with Crippen molar-refractivity contribution in [2.45, 2.75) is 0 Å². The summed E-state index contributed by atoms with van der Waals surface area (Å²) in [6, 6.07) is 10.6. The van der Waals surface area contributed by atoms with E-state index < -0.39 is 0 Å². The molecule has 2 N–H and O–H groups in total. The third kappa shape index (κ3) is 3.01. The smallest absolute Gasteiger partial charge is 0.212 e. The van der Waals surface area contributed by atoms with Gasteiger partial charge in [0.25, 0.3) is 0 Å². The number of carbonyl (C=O) groups excluding carboxylic acids is 1. The number of carbonyl (C=O) groups is 1. The van der Waals surface area contributed by atoms with Gasteiger partial charge in [0.05, 0.1) is 19.0 Å².